The molecule has 0 aromatic heterocycles. The van der Waals surface area contributed by atoms with E-state index in [0.717, 1.165) is 0 Å². The fourth-order valence-electron chi connectivity index (χ4n) is 2.31. The third-order valence-electron chi connectivity index (χ3n) is 3.41. The van der Waals surface area contributed by atoms with E-state index in [1.54, 1.807) is 9.80 Å². The van der Waals surface area contributed by atoms with Crippen LogP contribution in [0.3, 0.4) is 0 Å². The fraction of sp³-hybridized carbons (Fsp3) is 0.857. The second-order valence-electron chi connectivity index (χ2n) is 5.23. The van der Waals surface area contributed by atoms with Crippen LogP contribution in [0.4, 0.5) is 0 Å². The molecule has 2 heterocycles. The van der Waals surface area contributed by atoms with Gasteiger partial charge in [0.05, 0.1) is 40.3 Å². The van der Waals surface area contributed by atoms with Gasteiger partial charge in [0, 0.05) is 12.9 Å². The Morgan fingerprint density at radius 3 is 0.950 bits per heavy atom. The Balaban J connectivity index is 0. The van der Waals surface area contributed by atoms with Crippen LogP contribution in [-0.2, 0) is 9.59 Å². The molecule has 120 valence electrons. The number of carbonyl (C=O) groups is 2. The molecule has 0 aliphatic carbocycles. The quantitative estimate of drug-likeness (QED) is 0.446. The highest BCUT2D eigenvalue weighted by molar-refractivity contribution is 5.29. The van der Waals surface area contributed by atoms with Gasteiger partial charge in [-0.05, 0) is 38.5 Å². The summed E-state index contributed by atoms with van der Waals surface area (Å²) in [5, 5.41) is 16.5. The first-order chi connectivity index (χ1) is 9.62. The zero-order valence-corrected chi connectivity index (χ0v) is 12.9. The first-order valence-corrected chi connectivity index (χ1v) is 7.36. The Morgan fingerprint density at radius 1 is 0.650 bits per heavy atom. The molecule has 6 heteroatoms. The predicted octanol–water partition coefficient (Wildman–Crippen LogP) is -3.90. The number of piperidine rings is 2. The number of hydrogen-bond acceptors (Lipinski definition) is 4. The highest BCUT2D eigenvalue weighted by Crippen LogP contribution is 1.93. The van der Waals surface area contributed by atoms with Crippen LogP contribution in [0.25, 0.3) is 0 Å². The molecule has 0 aromatic rings. The number of nitrogens with one attached hydrogen (secondary N) is 2. The molecule has 2 N–H and O–H groups in total. The largest absolute Gasteiger partial charge is 0.554 e. The number of rotatable bonds is 0. The SMILES string of the molecule is C[NH+]1CCCCC1.C[NH+]1CCCCC1.O=C[O-].O=C[O-]. The number of carboxylic acid groups (broad SMARTS) is 2. The molecule has 0 unspecified atom stereocenters. The lowest BCUT2D eigenvalue weighted by atomic mass is 10.1. The summed E-state index contributed by atoms with van der Waals surface area (Å²) in [5.41, 5.74) is 0. The van der Waals surface area contributed by atoms with Gasteiger partial charge in [-0.25, -0.2) is 0 Å². The van der Waals surface area contributed by atoms with E-state index in [9.17, 15) is 0 Å². The summed E-state index contributed by atoms with van der Waals surface area (Å²) in [6, 6.07) is 0. The van der Waals surface area contributed by atoms with E-state index in [2.05, 4.69) is 14.1 Å². The van der Waals surface area contributed by atoms with Crippen LogP contribution in [-0.4, -0.2) is 53.2 Å². The highest BCUT2D eigenvalue weighted by Gasteiger charge is 2.06. The number of likely N-dealkylation sites (tertiary alicyclic amines) is 2. The second-order valence-corrected chi connectivity index (χ2v) is 5.23. The van der Waals surface area contributed by atoms with Crippen LogP contribution in [0.1, 0.15) is 38.5 Å². The summed E-state index contributed by atoms with van der Waals surface area (Å²) in [6.07, 6.45) is 8.74. The van der Waals surface area contributed by atoms with E-state index in [4.69, 9.17) is 19.8 Å². The van der Waals surface area contributed by atoms with E-state index in [-0.39, 0.29) is 0 Å². The number of hydrogen-bond donors (Lipinski definition) is 2. The summed E-state index contributed by atoms with van der Waals surface area (Å²) in [5.74, 6) is 0. The van der Waals surface area contributed by atoms with Gasteiger partial charge in [-0.1, -0.05) is 0 Å². The van der Waals surface area contributed by atoms with Gasteiger partial charge in [0.15, 0.2) is 0 Å². The zero-order valence-electron chi connectivity index (χ0n) is 12.9. The van der Waals surface area contributed by atoms with Gasteiger partial charge in [0.25, 0.3) is 0 Å². The molecule has 0 aromatic carbocycles. The molecule has 0 amide bonds. The van der Waals surface area contributed by atoms with Gasteiger partial charge in [0.2, 0.25) is 0 Å². The third-order valence-corrected chi connectivity index (χ3v) is 3.41. The van der Waals surface area contributed by atoms with Crippen molar-refractivity contribution in [2.24, 2.45) is 0 Å². The van der Waals surface area contributed by atoms with Crippen molar-refractivity contribution in [2.75, 3.05) is 40.3 Å². The molecule has 2 aliphatic heterocycles. The Kier molecular flexibility index (Phi) is 18.9. The fourth-order valence-corrected chi connectivity index (χ4v) is 2.31. The Morgan fingerprint density at radius 2 is 0.850 bits per heavy atom. The van der Waals surface area contributed by atoms with Crippen LogP contribution in [0, 0.1) is 0 Å². The lowest BCUT2D eigenvalue weighted by molar-refractivity contribution is -0.884. The van der Waals surface area contributed by atoms with Crippen LogP contribution in [0.5, 0.6) is 0 Å². The number of carbonyl (C=O) groups excluding carboxylic acids is 2. The smallest absolute Gasteiger partial charge is 0.0768 e. The average molecular weight is 290 g/mol. The van der Waals surface area contributed by atoms with Crippen molar-refractivity contribution in [3.05, 3.63) is 0 Å². The molecule has 0 saturated carbocycles. The molecule has 20 heavy (non-hydrogen) atoms. The van der Waals surface area contributed by atoms with Crippen LogP contribution >= 0.6 is 0 Å². The molecule has 2 saturated heterocycles. The molecule has 0 atom stereocenters. The third kappa shape index (κ3) is 19.2. The molecule has 6 nitrogen and oxygen atoms in total. The first-order valence-electron chi connectivity index (χ1n) is 7.36. The Hall–Kier alpha value is -1.14. The summed E-state index contributed by atoms with van der Waals surface area (Å²) < 4.78 is 0. The van der Waals surface area contributed by atoms with Crippen molar-refractivity contribution < 1.29 is 29.6 Å². The maximum atomic E-state index is 8.25. The molecule has 2 rings (SSSR count). The molecule has 2 fully saturated rings. The maximum absolute atomic E-state index is 8.25. The minimum Gasteiger partial charge on any atom is -0.554 e. The van der Waals surface area contributed by atoms with E-state index in [0.29, 0.717) is 0 Å². The standard InChI is InChI=1S/2C6H13N.2CH2O2/c2*1-7-5-3-2-4-6-7;2*2-1-3/h2*2-6H2,1H3;2*1H,(H,2,3). The molecule has 2 aliphatic rings. The van der Waals surface area contributed by atoms with Gasteiger partial charge in [-0.2, -0.15) is 0 Å². The van der Waals surface area contributed by atoms with E-state index >= 15 is 0 Å². The average Bonchev–Trinajstić information content (AvgIpc) is 2.43. The molecule has 0 radical (unpaired) electrons. The first kappa shape index (κ1) is 21.2. The highest BCUT2D eigenvalue weighted by atomic mass is 16.3. The van der Waals surface area contributed by atoms with Crippen molar-refractivity contribution in [3.8, 4) is 0 Å². The van der Waals surface area contributed by atoms with E-state index < -0.39 is 12.9 Å². The predicted molar refractivity (Wildman–Crippen MR) is 73.1 cm³/mol. The molecule has 0 spiro atoms. The minimum absolute atomic E-state index is 0.500. The Labute approximate surface area is 122 Å². The van der Waals surface area contributed by atoms with Gasteiger partial charge >= 0.3 is 0 Å². The summed E-state index contributed by atoms with van der Waals surface area (Å²) in [7, 11) is 4.55. The van der Waals surface area contributed by atoms with Crippen molar-refractivity contribution in [1.82, 2.24) is 0 Å². The van der Waals surface area contributed by atoms with Gasteiger partial charge in [0.1, 0.15) is 0 Å². The van der Waals surface area contributed by atoms with E-state index in [1.165, 1.54) is 64.7 Å². The molecular weight excluding hydrogens is 260 g/mol. The van der Waals surface area contributed by atoms with Crippen molar-refractivity contribution in [1.29, 1.82) is 0 Å². The maximum Gasteiger partial charge on any atom is 0.0768 e. The topological polar surface area (TPSA) is 89.1 Å². The second kappa shape index (κ2) is 17.9. The van der Waals surface area contributed by atoms with Gasteiger partial charge in [-0.3, -0.25) is 0 Å². The van der Waals surface area contributed by atoms with Crippen molar-refractivity contribution in [2.45, 2.75) is 38.5 Å². The van der Waals surface area contributed by atoms with Gasteiger partial charge < -0.3 is 29.6 Å². The summed E-state index contributed by atoms with van der Waals surface area (Å²) in [6.45, 7) is 4.61. The zero-order chi connectivity index (χ0) is 15.6. The summed E-state index contributed by atoms with van der Waals surface area (Å²) in [4.78, 5) is 19.9. The molecule has 0 bridgehead atoms. The minimum atomic E-state index is -0.500. The van der Waals surface area contributed by atoms with E-state index in [1.807, 2.05) is 0 Å². The lowest BCUT2D eigenvalue weighted by Gasteiger charge is -2.17. The lowest BCUT2D eigenvalue weighted by Crippen LogP contribution is -3.09. The van der Waals surface area contributed by atoms with Crippen LogP contribution in [0.2, 0.25) is 0 Å². The van der Waals surface area contributed by atoms with Crippen molar-refractivity contribution in [3.63, 3.8) is 0 Å². The monoisotopic (exact) mass is 290 g/mol. The number of quaternary nitrogens is 2. The Bertz CT molecular complexity index is 181. The van der Waals surface area contributed by atoms with Crippen LogP contribution < -0.4 is 20.0 Å². The van der Waals surface area contributed by atoms with Crippen molar-refractivity contribution >= 4 is 12.9 Å². The summed E-state index contributed by atoms with van der Waals surface area (Å²) >= 11 is 0. The van der Waals surface area contributed by atoms with Gasteiger partial charge in [-0.15, -0.1) is 0 Å². The molecular formula is C14H30N2O4. The van der Waals surface area contributed by atoms with Crippen LogP contribution in [0.15, 0.2) is 0 Å². The normalized spacial score (nSPS) is 18.9.